The largest absolute Gasteiger partial charge is 0.493 e. The van der Waals surface area contributed by atoms with E-state index in [-0.39, 0.29) is 0 Å². The normalized spacial score (nSPS) is 15.4. The van der Waals surface area contributed by atoms with Crippen molar-refractivity contribution < 1.29 is 4.74 Å². The number of hydrogen-bond acceptors (Lipinski definition) is 3. The summed E-state index contributed by atoms with van der Waals surface area (Å²) in [7, 11) is 1.69. The van der Waals surface area contributed by atoms with Crippen LogP contribution >= 0.6 is 0 Å². The van der Waals surface area contributed by atoms with Gasteiger partial charge in [0, 0.05) is 12.6 Å². The van der Waals surface area contributed by atoms with Crippen LogP contribution in [-0.2, 0) is 6.54 Å². The Balaban J connectivity index is 1.88. The maximum Gasteiger partial charge on any atom is 0.164 e. The van der Waals surface area contributed by atoms with E-state index >= 15 is 0 Å². The van der Waals surface area contributed by atoms with Crippen LogP contribution in [0.5, 0.6) is 5.75 Å². The molecule has 4 nitrogen and oxygen atoms in total. The Morgan fingerprint density at radius 2 is 2.39 bits per heavy atom. The third-order valence-electron chi connectivity index (χ3n) is 3.10. The average Bonchev–Trinajstić information content (AvgIpc) is 3.12. The van der Waals surface area contributed by atoms with Crippen molar-refractivity contribution in [2.45, 2.75) is 45.2 Å². The fourth-order valence-electron chi connectivity index (χ4n) is 1.95. The number of methoxy groups -OCH3 is 1. The van der Waals surface area contributed by atoms with Crippen molar-refractivity contribution in [1.82, 2.24) is 15.1 Å². The van der Waals surface area contributed by atoms with Gasteiger partial charge in [-0.25, -0.2) is 0 Å². The molecule has 4 heteroatoms. The first-order chi connectivity index (χ1) is 8.85. The summed E-state index contributed by atoms with van der Waals surface area (Å²) < 4.78 is 7.33. The average molecular weight is 249 g/mol. The zero-order valence-corrected chi connectivity index (χ0v) is 11.4. The summed E-state index contributed by atoms with van der Waals surface area (Å²) in [6, 6.07) is 0.790. The molecule has 0 atom stereocenters. The van der Waals surface area contributed by atoms with Crippen molar-refractivity contribution in [3.05, 3.63) is 18.0 Å². The lowest BCUT2D eigenvalue weighted by molar-refractivity contribution is 0.412. The number of aryl methyl sites for hydroxylation is 1. The van der Waals surface area contributed by atoms with Crippen molar-refractivity contribution in [3.8, 4) is 5.75 Å². The molecule has 1 N–H and O–H groups in total. The van der Waals surface area contributed by atoms with E-state index in [0.717, 1.165) is 43.4 Å². The first-order valence-electron chi connectivity index (χ1n) is 6.85. The van der Waals surface area contributed by atoms with Crippen molar-refractivity contribution in [1.29, 1.82) is 0 Å². The van der Waals surface area contributed by atoms with Crippen LogP contribution in [0.4, 0.5) is 0 Å². The summed E-state index contributed by atoms with van der Waals surface area (Å²) in [5, 5.41) is 7.84. The number of nitrogens with one attached hydrogen (secondary N) is 1. The van der Waals surface area contributed by atoms with Crippen molar-refractivity contribution in [3.63, 3.8) is 0 Å². The lowest BCUT2D eigenvalue weighted by Crippen LogP contribution is -2.16. The first-order valence-corrected chi connectivity index (χ1v) is 6.85. The van der Waals surface area contributed by atoms with E-state index in [1.807, 2.05) is 4.68 Å². The van der Waals surface area contributed by atoms with Crippen LogP contribution in [0.2, 0.25) is 0 Å². The van der Waals surface area contributed by atoms with Gasteiger partial charge in [-0.1, -0.05) is 13.0 Å². The maximum atomic E-state index is 5.33. The molecule has 0 unspecified atom stereocenters. The van der Waals surface area contributed by atoms with Crippen molar-refractivity contribution in [2.75, 3.05) is 13.7 Å². The third-order valence-corrected chi connectivity index (χ3v) is 3.10. The molecule has 1 heterocycles. The van der Waals surface area contributed by atoms with E-state index in [0.29, 0.717) is 0 Å². The number of hydrogen-bond donors (Lipinski definition) is 1. The molecule has 0 saturated heterocycles. The van der Waals surface area contributed by atoms with Crippen LogP contribution in [-0.4, -0.2) is 29.5 Å². The van der Waals surface area contributed by atoms with Crippen LogP contribution in [0.15, 0.2) is 12.3 Å². The molecule has 1 aliphatic rings. The topological polar surface area (TPSA) is 39.1 Å². The molecule has 1 saturated carbocycles. The van der Waals surface area contributed by atoms with Crippen LogP contribution in [0.1, 0.15) is 38.3 Å². The highest BCUT2D eigenvalue weighted by Gasteiger charge is 2.19. The molecule has 2 rings (SSSR count). The van der Waals surface area contributed by atoms with E-state index in [1.54, 1.807) is 13.3 Å². The molecule has 0 bridgehead atoms. The molecule has 1 fully saturated rings. The Hall–Kier alpha value is -1.29. The molecule has 0 aromatic carbocycles. The molecule has 1 aromatic heterocycles. The summed E-state index contributed by atoms with van der Waals surface area (Å²) in [4.78, 5) is 0. The maximum absolute atomic E-state index is 5.33. The van der Waals surface area contributed by atoms with Gasteiger partial charge in [-0.3, -0.25) is 4.68 Å². The van der Waals surface area contributed by atoms with Crippen LogP contribution in [0, 0.1) is 0 Å². The molecule has 0 spiro atoms. The smallest absolute Gasteiger partial charge is 0.164 e. The standard InChI is InChI=1S/C14H23N3O/c1-3-10-17-13(14(18-2)11-16-17)6-4-5-9-15-12-7-8-12/h4,6,11-12,15H,3,5,7-10H2,1-2H3/b6-4+. The Morgan fingerprint density at radius 3 is 3.06 bits per heavy atom. The van der Waals surface area contributed by atoms with Gasteiger partial charge in [0.05, 0.1) is 13.3 Å². The van der Waals surface area contributed by atoms with Gasteiger partial charge in [0.2, 0.25) is 0 Å². The number of ether oxygens (including phenoxy) is 1. The van der Waals surface area contributed by atoms with E-state index in [2.05, 4.69) is 29.5 Å². The monoisotopic (exact) mass is 249 g/mol. The zero-order chi connectivity index (χ0) is 12.8. The van der Waals surface area contributed by atoms with Gasteiger partial charge in [0.15, 0.2) is 5.75 Å². The fourth-order valence-corrected chi connectivity index (χ4v) is 1.95. The van der Waals surface area contributed by atoms with Gasteiger partial charge in [0.1, 0.15) is 5.69 Å². The number of aromatic nitrogens is 2. The molecule has 0 radical (unpaired) electrons. The second-order valence-electron chi connectivity index (χ2n) is 4.74. The van der Waals surface area contributed by atoms with Gasteiger partial charge >= 0.3 is 0 Å². The van der Waals surface area contributed by atoms with Gasteiger partial charge in [0.25, 0.3) is 0 Å². The minimum Gasteiger partial charge on any atom is -0.493 e. The highest BCUT2D eigenvalue weighted by atomic mass is 16.5. The first kappa shape index (κ1) is 13.1. The second-order valence-corrected chi connectivity index (χ2v) is 4.74. The second kappa shape index (κ2) is 6.59. The number of nitrogens with zero attached hydrogens (tertiary/aromatic N) is 2. The lowest BCUT2D eigenvalue weighted by atomic mass is 10.3. The highest BCUT2D eigenvalue weighted by Crippen LogP contribution is 2.20. The number of rotatable bonds is 8. The van der Waals surface area contributed by atoms with Crippen molar-refractivity contribution in [2.24, 2.45) is 0 Å². The van der Waals surface area contributed by atoms with E-state index in [9.17, 15) is 0 Å². The SMILES string of the molecule is CCCn1ncc(OC)c1/C=C/CCNC1CC1. The molecule has 1 aliphatic carbocycles. The molecule has 18 heavy (non-hydrogen) atoms. The van der Waals surface area contributed by atoms with Crippen LogP contribution < -0.4 is 10.1 Å². The van der Waals surface area contributed by atoms with Gasteiger partial charge in [-0.05, 0) is 38.3 Å². The molecular formula is C14H23N3O. The zero-order valence-electron chi connectivity index (χ0n) is 11.4. The minimum atomic E-state index is 0.790. The summed E-state index contributed by atoms with van der Waals surface area (Å²) in [6.45, 7) is 4.15. The van der Waals surface area contributed by atoms with Gasteiger partial charge in [-0.15, -0.1) is 0 Å². The Morgan fingerprint density at radius 1 is 1.56 bits per heavy atom. The van der Waals surface area contributed by atoms with E-state index in [4.69, 9.17) is 4.74 Å². The molecule has 0 aliphatic heterocycles. The lowest BCUT2D eigenvalue weighted by Gasteiger charge is -2.04. The Labute approximate surface area is 109 Å². The third kappa shape index (κ3) is 3.60. The van der Waals surface area contributed by atoms with Crippen LogP contribution in [0.3, 0.4) is 0 Å². The minimum absolute atomic E-state index is 0.790. The fraction of sp³-hybridized carbons (Fsp3) is 0.643. The summed E-state index contributed by atoms with van der Waals surface area (Å²) in [5.41, 5.74) is 1.07. The molecule has 1 aromatic rings. The molecule has 100 valence electrons. The van der Waals surface area contributed by atoms with Crippen molar-refractivity contribution >= 4 is 6.08 Å². The quantitative estimate of drug-likeness (QED) is 0.719. The van der Waals surface area contributed by atoms with E-state index in [1.165, 1.54) is 12.8 Å². The van der Waals surface area contributed by atoms with Gasteiger partial charge in [-0.2, -0.15) is 5.10 Å². The Kier molecular flexibility index (Phi) is 4.81. The highest BCUT2D eigenvalue weighted by molar-refractivity contribution is 5.52. The van der Waals surface area contributed by atoms with E-state index < -0.39 is 0 Å². The summed E-state index contributed by atoms with van der Waals surface area (Å²) in [6.07, 6.45) is 10.9. The molecule has 0 amide bonds. The summed E-state index contributed by atoms with van der Waals surface area (Å²) in [5.74, 6) is 0.856. The van der Waals surface area contributed by atoms with Gasteiger partial charge < -0.3 is 10.1 Å². The predicted octanol–water partition coefficient (Wildman–Crippen LogP) is 2.46. The molecular weight excluding hydrogens is 226 g/mol. The predicted molar refractivity (Wildman–Crippen MR) is 73.7 cm³/mol. The van der Waals surface area contributed by atoms with Crippen LogP contribution in [0.25, 0.3) is 6.08 Å². The summed E-state index contributed by atoms with van der Waals surface area (Å²) >= 11 is 0. The Bertz CT molecular complexity index is 394.